The Bertz CT molecular complexity index is 443. The number of aryl methyl sites for hydroxylation is 1. The van der Waals surface area contributed by atoms with Gasteiger partial charge in [0.05, 0.1) is 6.04 Å². The Kier molecular flexibility index (Phi) is 3.99. The number of piperazine rings is 1. The van der Waals surface area contributed by atoms with E-state index in [1.807, 2.05) is 24.0 Å². The SMILES string of the molecule is Cc1cccc(N2CCNC(CCO)C2=O)c1C. The van der Waals surface area contributed by atoms with Crippen molar-refractivity contribution >= 4 is 11.6 Å². The van der Waals surface area contributed by atoms with Gasteiger partial charge in [0.25, 0.3) is 0 Å². The van der Waals surface area contributed by atoms with Crippen molar-refractivity contribution in [1.29, 1.82) is 0 Å². The predicted octanol–water partition coefficient (Wildman–Crippen LogP) is 0.991. The van der Waals surface area contributed by atoms with Gasteiger partial charge in [-0.1, -0.05) is 12.1 Å². The van der Waals surface area contributed by atoms with Crippen LogP contribution in [0.2, 0.25) is 0 Å². The number of hydrogen-bond donors (Lipinski definition) is 2. The number of benzene rings is 1. The largest absolute Gasteiger partial charge is 0.396 e. The minimum atomic E-state index is -0.260. The first kappa shape index (κ1) is 13.1. The molecule has 0 aliphatic carbocycles. The molecule has 1 aromatic rings. The molecule has 0 spiro atoms. The summed E-state index contributed by atoms with van der Waals surface area (Å²) in [6, 6.07) is 5.76. The summed E-state index contributed by atoms with van der Waals surface area (Å²) in [4.78, 5) is 14.2. The first-order valence-electron chi connectivity index (χ1n) is 6.37. The van der Waals surface area contributed by atoms with Gasteiger partial charge in [-0.2, -0.15) is 0 Å². The van der Waals surface area contributed by atoms with Gasteiger partial charge in [-0.3, -0.25) is 4.79 Å². The summed E-state index contributed by atoms with van der Waals surface area (Å²) in [6.07, 6.45) is 0.472. The second-order valence-electron chi connectivity index (χ2n) is 4.73. The highest BCUT2D eigenvalue weighted by Gasteiger charge is 2.29. The van der Waals surface area contributed by atoms with Crippen molar-refractivity contribution in [2.45, 2.75) is 26.3 Å². The van der Waals surface area contributed by atoms with E-state index in [4.69, 9.17) is 5.11 Å². The molecule has 4 nitrogen and oxygen atoms in total. The average Bonchev–Trinajstić information content (AvgIpc) is 2.36. The van der Waals surface area contributed by atoms with Gasteiger partial charge in [0.1, 0.15) is 0 Å². The minimum Gasteiger partial charge on any atom is -0.396 e. The number of hydrogen-bond acceptors (Lipinski definition) is 3. The summed E-state index contributed by atoms with van der Waals surface area (Å²) in [7, 11) is 0. The molecule has 1 unspecified atom stereocenters. The topological polar surface area (TPSA) is 52.6 Å². The Morgan fingerprint density at radius 3 is 2.94 bits per heavy atom. The maximum Gasteiger partial charge on any atom is 0.244 e. The van der Waals surface area contributed by atoms with Gasteiger partial charge < -0.3 is 15.3 Å². The van der Waals surface area contributed by atoms with Crippen LogP contribution in [0.1, 0.15) is 17.5 Å². The highest BCUT2D eigenvalue weighted by atomic mass is 16.3. The van der Waals surface area contributed by atoms with Crippen LogP contribution in [-0.4, -0.2) is 36.8 Å². The molecule has 2 N–H and O–H groups in total. The van der Waals surface area contributed by atoms with Gasteiger partial charge in [-0.15, -0.1) is 0 Å². The zero-order valence-corrected chi connectivity index (χ0v) is 10.9. The Morgan fingerprint density at radius 1 is 1.44 bits per heavy atom. The van der Waals surface area contributed by atoms with Gasteiger partial charge >= 0.3 is 0 Å². The number of anilines is 1. The molecule has 0 aromatic heterocycles. The number of aliphatic hydroxyl groups excluding tert-OH is 1. The monoisotopic (exact) mass is 248 g/mol. The normalized spacial score (nSPS) is 20.3. The number of amides is 1. The Balaban J connectivity index is 2.27. The van der Waals surface area contributed by atoms with Gasteiger partial charge in [-0.25, -0.2) is 0 Å². The van der Waals surface area contributed by atoms with Crippen LogP contribution >= 0.6 is 0 Å². The smallest absolute Gasteiger partial charge is 0.244 e. The molecular weight excluding hydrogens is 228 g/mol. The van der Waals surface area contributed by atoms with Crippen LogP contribution in [0.25, 0.3) is 0 Å². The van der Waals surface area contributed by atoms with E-state index in [-0.39, 0.29) is 18.6 Å². The van der Waals surface area contributed by atoms with Crippen LogP contribution in [0.15, 0.2) is 18.2 Å². The molecule has 98 valence electrons. The fourth-order valence-electron chi connectivity index (χ4n) is 2.36. The number of rotatable bonds is 3. The van der Waals surface area contributed by atoms with Crippen molar-refractivity contribution in [3.8, 4) is 0 Å². The summed E-state index contributed by atoms with van der Waals surface area (Å²) < 4.78 is 0. The number of carbonyl (C=O) groups excluding carboxylic acids is 1. The fraction of sp³-hybridized carbons (Fsp3) is 0.500. The van der Waals surface area contributed by atoms with Crippen molar-refractivity contribution in [2.24, 2.45) is 0 Å². The fourth-order valence-corrected chi connectivity index (χ4v) is 2.36. The summed E-state index contributed by atoms with van der Waals surface area (Å²) in [5.41, 5.74) is 3.33. The molecule has 1 aliphatic rings. The lowest BCUT2D eigenvalue weighted by Gasteiger charge is -2.34. The van der Waals surface area contributed by atoms with Crippen molar-refractivity contribution in [3.63, 3.8) is 0 Å². The lowest BCUT2D eigenvalue weighted by atomic mass is 10.0. The molecule has 1 aliphatic heterocycles. The van der Waals surface area contributed by atoms with Gasteiger partial charge in [-0.05, 0) is 37.5 Å². The van der Waals surface area contributed by atoms with E-state index in [9.17, 15) is 4.79 Å². The molecule has 1 heterocycles. The molecule has 18 heavy (non-hydrogen) atoms. The van der Waals surface area contributed by atoms with Gasteiger partial charge in [0, 0.05) is 25.4 Å². The Morgan fingerprint density at radius 2 is 2.22 bits per heavy atom. The summed E-state index contributed by atoms with van der Waals surface area (Å²) >= 11 is 0. The molecule has 1 fully saturated rings. The van der Waals surface area contributed by atoms with Crippen LogP contribution in [-0.2, 0) is 4.79 Å². The quantitative estimate of drug-likeness (QED) is 0.838. The van der Waals surface area contributed by atoms with E-state index in [0.29, 0.717) is 13.0 Å². The van der Waals surface area contributed by atoms with Crippen LogP contribution in [0.3, 0.4) is 0 Å². The second kappa shape index (κ2) is 5.50. The first-order valence-corrected chi connectivity index (χ1v) is 6.37. The molecule has 1 amide bonds. The maximum absolute atomic E-state index is 12.3. The van der Waals surface area contributed by atoms with E-state index in [1.165, 1.54) is 5.56 Å². The number of aliphatic hydroxyl groups is 1. The van der Waals surface area contributed by atoms with E-state index < -0.39 is 0 Å². The third kappa shape index (κ3) is 2.40. The predicted molar refractivity (Wildman–Crippen MR) is 71.8 cm³/mol. The van der Waals surface area contributed by atoms with Crippen molar-refractivity contribution in [1.82, 2.24) is 5.32 Å². The third-order valence-corrected chi connectivity index (χ3v) is 3.57. The number of carbonyl (C=O) groups is 1. The molecule has 0 radical (unpaired) electrons. The molecule has 0 saturated carbocycles. The molecule has 1 aromatic carbocycles. The highest BCUT2D eigenvalue weighted by molar-refractivity contribution is 5.98. The van der Waals surface area contributed by atoms with E-state index in [2.05, 4.69) is 18.3 Å². The summed E-state index contributed by atoms with van der Waals surface area (Å²) in [6.45, 7) is 5.58. The molecule has 1 saturated heterocycles. The lowest BCUT2D eigenvalue weighted by Crippen LogP contribution is -2.55. The van der Waals surface area contributed by atoms with Crippen LogP contribution < -0.4 is 10.2 Å². The van der Waals surface area contributed by atoms with Gasteiger partial charge in [0.15, 0.2) is 0 Å². The first-order chi connectivity index (χ1) is 8.65. The third-order valence-electron chi connectivity index (χ3n) is 3.57. The highest BCUT2D eigenvalue weighted by Crippen LogP contribution is 2.24. The zero-order chi connectivity index (χ0) is 13.1. The number of nitrogens with one attached hydrogen (secondary N) is 1. The summed E-state index contributed by atoms with van der Waals surface area (Å²) in [5.74, 6) is 0.0593. The Hall–Kier alpha value is -1.39. The maximum atomic E-state index is 12.3. The molecule has 4 heteroatoms. The van der Waals surface area contributed by atoms with Gasteiger partial charge in [0.2, 0.25) is 5.91 Å². The molecule has 1 atom stereocenters. The van der Waals surface area contributed by atoms with Crippen LogP contribution in [0, 0.1) is 13.8 Å². The lowest BCUT2D eigenvalue weighted by molar-refractivity contribution is -0.122. The van der Waals surface area contributed by atoms with Crippen molar-refractivity contribution in [2.75, 3.05) is 24.6 Å². The Labute approximate surface area is 108 Å². The standard InChI is InChI=1S/C14H20N2O2/c1-10-4-3-5-13(11(10)2)16-8-7-15-12(6-9-17)14(16)18/h3-5,12,15,17H,6-9H2,1-2H3. The molecule has 0 bridgehead atoms. The van der Waals surface area contributed by atoms with E-state index in [0.717, 1.165) is 17.8 Å². The zero-order valence-electron chi connectivity index (χ0n) is 10.9. The van der Waals surface area contributed by atoms with Crippen LogP contribution in [0.5, 0.6) is 0 Å². The molecule has 2 rings (SSSR count). The van der Waals surface area contributed by atoms with Crippen LogP contribution in [0.4, 0.5) is 5.69 Å². The number of nitrogens with zero attached hydrogens (tertiary/aromatic N) is 1. The van der Waals surface area contributed by atoms with Crippen molar-refractivity contribution in [3.05, 3.63) is 29.3 Å². The van der Waals surface area contributed by atoms with E-state index >= 15 is 0 Å². The molecular formula is C14H20N2O2. The minimum absolute atomic E-state index is 0.0318. The van der Waals surface area contributed by atoms with Crippen molar-refractivity contribution < 1.29 is 9.90 Å². The average molecular weight is 248 g/mol. The second-order valence-corrected chi connectivity index (χ2v) is 4.73. The summed E-state index contributed by atoms with van der Waals surface area (Å²) in [5, 5.41) is 12.1. The van der Waals surface area contributed by atoms with E-state index in [1.54, 1.807) is 0 Å².